The van der Waals surface area contributed by atoms with Crippen LogP contribution in [0.3, 0.4) is 0 Å². The monoisotopic (exact) mass is 659 g/mol. The highest BCUT2D eigenvalue weighted by atomic mass is 32.2. The Morgan fingerprint density at radius 1 is 1.02 bits per heavy atom. The van der Waals surface area contributed by atoms with Crippen molar-refractivity contribution in [2.24, 2.45) is 5.92 Å². The molecule has 2 heterocycles. The molecular weight excluding hydrogens is 620 g/mol. The first-order valence-corrected chi connectivity index (χ1v) is 16.2. The van der Waals surface area contributed by atoms with Crippen molar-refractivity contribution in [3.8, 4) is 5.75 Å². The molecule has 0 amide bonds. The Hall–Kier alpha value is -3.13. The van der Waals surface area contributed by atoms with Gasteiger partial charge in [0.15, 0.2) is 5.75 Å². The van der Waals surface area contributed by atoms with Crippen LogP contribution in [-0.4, -0.2) is 71.4 Å². The molecule has 1 aliphatic carbocycles. The van der Waals surface area contributed by atoms with Crippen LogP contribution < -0.4 is 10.1 Å². The van der Waals surface area contributed by atoms with Crippen LogP contribution in [0.2, 0.25) is 0 Å². The van der Waals surface area contributed by atoms with Gasteiger partial charge >= 0.3 is 12.4 Å². The number of ether oxygens (including phenoxy) is 2. The van der Waals surface area contributed by atoms with Crippen LogP contribution in [0.5, 0.6) is 5.75 Å². The molecule has 7 nitrogen and oxygen atoms in total. The Morgan fingerprint density at radius 2 is 1.67 bits per heavy atom. The predicted octanol–water partition coefficient (Wildman–Crippen LogP) is 7.44. The predicted molar refractivity (Wildman–Crippen MR) is 163 cm³/mol. The maximum atomic E-state index is 13.7. The lowest BCUT2D eigenvalue weighted by Crippen LogP contribution is -2.42. The van der Waals surface area contributed by atoms with Crippen LogP contribution in [0.1, 0.15) is 49.3 Å². The van der Waals surface area contributed by atoms with Gasteiger partial charge in [-0.2, -0.15) is 38.1 Å². The lowest BCUT2D eigenvalue weighted by Gasteiger charge is -2.40. The number of hydrogen-bond acceptors (Lipinski definition) is 8. The zero-order valence-corrected chi connectivity index (χ0v) is 26.4. The maximum absolute atomic E-state index is 13.7. The molecule has 1 atom stereocenters. The fourth-order valence-corrected chi connectivity index (χ4v) is 5.89. The van der Waals surface area contributed by atoms with Gasteiger partial charge in [0.05, 0.1) is 48.1 Å². The minimum Gasteiger partial charge on any atom is -0.489 e. The van der Waals surface area contributed by atoms with E-state index in [9.17, 15) is 26.3 Å². The number of thioether (sulfide) groups is 1. The van der Waals surface area contributed by atoms with Gasteiger partial charge in [-0.1, -0.05) is 12.8 Å². The summed E-state index contributed by atoms with van der Waals surface area (Å²) in [4.78, 5) is 12.6. The molecule has 2 aromatic rings. The molecule has 1 fully saturated rings. The van der Waals surface area contributed by atoms with E-state index < -0.39 is 29.7 Å². The van der Waals surface area contributed by atoms with Gasteiger partial charge in [-0.15, -0.1) is 0 Å². The fourth-order valence-electron chi connectivity index (χ4n) is 5.64. The molecule has 45 heavy (non-hydrogen) atoms. The topological polar surface area (TPSA) is 62.8 Å². The molecule has 1 aliphatic heterocycles. The average Bonchev–Trinajstić information content (AvgIpc) is 3.52. The van der Waals surface area contributed by atoms with Gasteiger partial charge in [-0.05, 0) is 67.9 Å². The molecule has 0 bridgehead atoms. The second-order valence-electron chi connectivity index (χ2n) is 11.0. The smallest absolute Gasteiger partial charge is 0.416 e. The van der Waals surface area contributed by atoms with Gasteiger partial charge in [0.1, 0.15) is 6.23 Å². The summed E-state index contributed by atoms with van der Waals surface area (Å²) in [6.07, 6.45) is 2.63. The van der Waals surface area contributed by atoms with Crippen LogP contribution in [0, 0.1) is 5.92 Å². The number of halogens is 6. The number of aromatic nitrogens is 2. The highest BCUT2D eigenvalue weighted by molar-refractivity contribution is 7.98. The molecule has 4 rings (SSSR count). The van der Waals surface area contributed by atoms with Gasteiger partial charge < -0.3 is 24.6 Å². The third-order valence-electron chi connectivity index (χ3n) is 7.88. The molecule has 0 spiro atoms. The number of rotatable bonds is 14. The van der Waals surface area contributed by atoms with Gasteiger partial charge in [-0.25, -0.2) is 9.97 Å². The highest BCUT2D eigenvalue weighted by Gasteiger charge is 2.38. The van der Waals surface area contributed by atoms with Crippen molar-refractivity contribution < 1.29 is 35.8 Å². The van der Waals surface area contributed by atoms with Gasteiger partial charge in [0.25, 0.3) is 0 Å². The second kappa shape index (κ2) is 15.4. The summed E-state index contributed by atoms with van der Waals surface area (Å²) in [5.74, 6) is 2.11. The quantitative estimate of drug-likeness (QED) is 0.166. The van der Waals surface area contributed by atoms with E-state index in [0.29, 0.717) is 36.5 Å². The average molecular weight is 660 g/mol. The summed E-state index contributed by atoms with van der Waals surface area (Å²) in [5, 5.41) is 3.19. The number of nitrogens with one attached hydrogen (secondary N) is 1. The summed E-state index contributed by atoms with van der Waals surface area (Å²) in [6, 6.07) is 1.67. The molecule has 1 aromatic carbocycles. The number of anilines is 1. The van der Waals surface area contributed by atoms with Crippen molar-refractivity contribution in [2.75, 3.05) is 50.7 Å². The summed E-state index contributed by atoms with van der Waals surface area (Å²) in [6.45, 7) is 3.84. The van der Waals surface area contributed by atoms with Crippen molar-refractivity contribution in [2.45, 2.75) is 57.7 Å². The van der Waals surface area contributed by atoms with Crippen LogP contribution in [0.4, 0.5) is 32.3 Å². The SMILES string of the molecule is CCN(CC1CCCC1)C1=C(CNc2ncc(OCCSC)cn2)N(Cc2cc(C(F)(F)F)cc(C(F)(F)F)c2)C(OC)C=C1. The molecule has 248 valence electrons. The molecule has 1 aromatic heterocycles. The first-order chi connectivity index (χ1) is 21.4. The lowest BCUT2D eigenvalue weighted by atomic mass is 10.0. The Bertz CT molecular complexity index is 1280. The highest BCUT2D eigenvalue weighted by Crippen LogP contribution is 2.38. The summed E-state index contributed by atoms with van der Waals surface area (Å²) in [7, 11) is 1.44. The van der Waals surface area contributed by atoms with E-state index in [1.807, 2.05) is 19.3 Å². The minimum absolute atomic E-state index is 0.137. The van der Waals surface area contributed by atoms with Crippen molar-refractivity contribution in [1.82, 2.24) is 19.8 Å². The van der Waals surface area contributed by atoms with E-state index in [1.165, 1.54) is 7.11 Å². The number of benzene rings is 1. The molecule has 2 aliphatic rings. The number of allylic oxidation sites excluding steroid dienone is 1. The molecule has 1 saturated carbocycles. The third-order valence-corrected chi connectivity index (χ3v) is 8.46. The number of nitrogens with zero attached hydrogens (tertiary/aromatic N) is 4. The van der Waals surface area contributed by atoms with Crippen molar-refractivity contribution in [3.63, 3.8) is 0 Å². The second-order valence-corrected chi connectivity index (χ2v) is 12.0. The first-order valence-electron chi connectivity index (χ1n) is 14.8. The largest absolute Gasteiger partial charge is 0.489 e. The standard InChI is InChI=1S/C31H39F6N5O2S/c1-4-41(19-21-7-5-6-8-21)26-9-10-28(43-2)42(20-22-13-23(30(32,33)34)15-24(14-22)31(35,36)37)27(26)18-40-29-38-16-25(17-39-29)44-11-12-45-3/h9-10,13-17,21,28H,4-8,11-12,18-20H2,1-3H3,(H,38,39,40). The van der Waals surface area contributed by atoms with Gasteiger partial charge in [0.2, 0.25) is 5.95 Å². The van der Waals surface area contributed by atoms with E-state index in [2.05, 4.69) is 20.2 Å². The maximum Gasteiger partial charge on any atom is 0.416 e. The molecule has 1 N–H and O–H groups in total. The normalized spacial score (nSPS) is 17.7. The van der Waals surface area contributed by atoms with E-state index in [1.54, 1.807) is 35.1 Å². The number of hydrogen-bond donors (Lipinski definition) is 1. The van der Waals surface area contributed by atoms with E-state index in [4.69, 9.17) is 9.47 Å². The van der Waals surface area contributed by atoms with Crippen LogP contribution in [0.15, 0.2) is 54.1 Å². The first kappa shape index (κ1) is 34.7. The number of alkyl halides is 6. The Balaban J connectivity index is 1.70. The third kappa shape index (κ3) is 9.44. The van der Waals surface area contributed by atoms with E-state index >= 15 is 0 Å². The molecule has 0 radical (unpaired) electrons. The Kier molecular flexibility index (Phi) is 11.9. The zero-order valence-electron chi connectivity index (χ0n) is 25.5. The summed E-state index contributed by atoms with van der Waals surface area (Å²) < 4.78 is 93.5. The van der Waals surface area contributed by atoms with Crippen molar-refractivity contribution in [3.05, 3.63) is 70.8 Å². The summed E-state index contributed by atoms with van der Waals surface area (Å²) >= 11 is 1.65. The van der Waals surface area contributed by atoms with E-state index in [0.717, 1.165) is 55.8 Å². The minimum atomic E-state index is -4.95. The van der Waals surface area contributed by atoms with Crippen LogP contribution >= 0.6 is 11.8 Å². The lowest BCUT2D eigenvalue weighted by molar-refractivity contribution is -0.143. The van der Waals surface area contributed by atoms with Crippen molar-refractivity contribution >= 4 is 17.7 Å². The number of likely N-dealkylation sites (N-methyl/N-ethyl adjacent to an activating group) is 1. The zero-order chi connectivity index (χ0) is 32.6. The molecular formula is C31H39F6N5O2S. The molecule has 0 saturated heterocycles. The Morgan fingerprint density at radius 3 is 2.22 bits per heavy atom. The fraction of sp³-hybridized carbons (Fsp3) is 0.548. The molecule has 1 unspecified atom stereocenters. The summed E-state index contributed by atoms with van der Waals surface area (Å²) in [5.41, 5.74) is -1.41. The van der Waals surface area contributed by atoms with Gasteiger partial charge in [-0.3, -0.25) is 0 Å². The Labute approximate surface area is 264 Å². The van der Waals surface area contributed by atoms with E-state index in [-0.39, 0.29) is 24.7 Å². The molecule has 14 heteroatoms. The van der Waals surface area contributed by atoms with Gasteiger partial charge in [0, 0.05) is 32.5 Å². The van der Waals surface area contributed by atoms with Crippen molar-refractivity contribution in [1.29, 1.82) is 0 Å². The number of methoxy groups -OCH3 is 1. The van der Waals surface area contributed by atoms with Crippen LogP contribution in [-0.2, 0) is 23.6 Å². The van der Waals surface area contributed by atoms with Crippen LogP contribution in [0.25, 0.3) is 0 Å².